The van der Waals surface area contributed by atoms with Gasteiger partial charge in [0.05, 0.1) is 6.61 Å². The van der Waals surface area contributed by atoms with Crippen molar-refractivity contribution in [1.82, 2.24) is 15.3 Å². The number of phenols is 2. The maximum atomic E-state index is 14.4. The third kappa shape index (κ3) is 7.15. The Kier molecular flexibility index (Phi) is 11.6. The number of anilines is 2. The quantitative estimate of drug-likeness (QED) is 0.0664. The molecule has 8 N–H and O–H groups in total. The van der Waals surface area contributed by atoms with Crippen LogP contribution in [0.25, 0.3) is 11.0 Å². The summed E-state index contributed by atoms with van der Waals surface area (Å²) >= 11 is 0. The summed E-state index contributed by atoms with van der Waals surface area (Å²) in [6, 6.07) is 10.4. The Morgan fingerprint density at radius 2 is 1.81 bits per heavy atom. The summed E-state index contributed by atoms with van der Waals surface area (Å²) in [6.07, 6.45) is 7.36. The van der Waals surface area contributed by atoms with Crippen molar-refractivity contribution in [3.05, 3.63) is 121 Å². The van der Waals surface area contributed by atoms with E-state index in [9.17, 15) is 30.0 Å². The molecule has 14 heteroatoms. The first-order valence-electron chi connectivity index (χ1n) is 22.5. The molecule has 0 saturated carbocycles. The second kappa shape index (κ2) is 17.2. The molecular formula is C50H57N5O9. The van der Waals surface area contributed by atoms with Crippen molar-refractivity contribution in [3.8, 4) is 17.2 Å². The number of aromatic nitrogens is 2. The molecule has 4 bridgehead atoms. The predicted molar refractivity (Wildman–Crippen MR) is 242 cm³/mol. The molecule has 0 fully saturated rings. The van der Waals surface area contributed by atoms with E-state index >= 15 is 0 Å². The highest BCUT2D eigenvalue weighted by Gasteiger charge is 2.57. The van der Waals surface area contributed by atoms with Crippen LogP contribution in [0, 0.1) is 11.8 Å². The van der Waals surface area contributed by atoms with Gasteiger partial charge in [0.2, 0.25) is 0 Å². The Balaban J connectivity index is 1.42. The van der Waals surface area contributed by atoms with Gasteiger partial charge in [-0.3, -0.25) is 4.79 Å². The van der Waals surface area contributed by atoms with Crippen LogP contribution in [0.3, 0.4) is 0 Å². The fraction of sp³-hybridized carbons (Fsp3) is 0.440. The lowest BCUT2D eigenvalue weighted by atomic mass is 9.62. The number of nitrogens with two attached hydrogens (primary N) is 1. The molecule has 0 amide bonds. The van der Waals surface area contributed by atoms with Crippen LogP contribution in [0.5, 0.6) is 17.2 Å². The van der Waals surface area contributed by atoms with Crippen molar-refractivity contribution < 1.29 is 39.1 Å². The summed E-state index contributed by atoms with van der Waals surface area (Å²) in [4.78, 5) is 38.2. The number of benzene rings is 2. The second-order valence-corrected chi connectivity index (χ2v) is 17.9. The molecule has 5 aromatic rings. The van der Waals surface area contributed by atoms with Crippen LogP contribution in [0.15, 0.2) is 69.7 Å². The lowest BCUT2D eigenvalue weighted by Crippen LogP contribution is -2.59. The van der Waals surface area contributed by atoms with Gasteiger partial charge in [0.15, 0.2) is 5.43 Å². The Bertz CT molecular complexity index is 2730. The molecule has 4 aliphatic rings. The summed E-state index contributed by atoms with van der Waals surface area (Å²) in [5, 5.41) is 52.2. The Labute approximate surface area is 371 Å². The number of nitrogens with zero attached hydrogens (tertiary/aromatic N) is 2. The van der Waals surface area contributed by atoms with Crippen LogP contribution in [-0.2, 0) is 41.8 Å². The highest BCUT2D eigenvalue weighted by Crippen LogP contribution is 2.60. The van der Waals surface area contributed by atoms with E-state index in [0.717, 1.165) is 39.7 Å². The van der Waals surface area contributed by atoms with Crippen LogP contribution in [-0.4, -0.2) is 74.3 Å². The number of fused-ring (bicyclic) bond motifs is 9. The normalized spacial score (nSPS) is 24.7. The maximum Gasteiger partial charge on any atom is 0.335 e. The highest BCUT2D eigenvalue weighted by molar-refractivity contribution is 5.92. The summed E-state index contributed by atoms with van der Waals surface area (Å²) in [5.41, 5.74) is 11.6. The van der Waals surface area contributed by atoms with Crippen molar-refractivity contribution in [2.45, 2.75) is 102 Å². The smallest absolute Gasteiger partial charge is 0.335 e. The van der Waals surface area contributed by atoms with Gasteiger partial charge in [0.1, 0.15) is 63.9 Å². The number of likely N-dealkylation sites (N-methyl/N-ethyl adjacent to an activating group) is 1. The van der Waals surface area contributed by atoms with Gasteiger partial charge in [-0.15, -0.1) is 0 Å². The summed E-state index contributed by atoms with van der Waals surface area (Å²) in [6.45, 7) is 8.39. The fourth-order valence-electron chi connectivity index (χ4n) is 11.5. The van der Waals surface area contributed by atoms with Crippen molar-refractivity contribution in [1.29, 1.82) is 0 Å². The molecule has 0 saturated heterocycles. The minimum atomic E-state index is -1.30. The topological polar surface area (TPSA) is 223 Å². The van der Waals surface area contributed by atoms with E-state index in [0.29, 0.717) is 67.7 Å². The molecule has 3 aromatic heterocycles. The first kappa shape index (κ1) is 43.3. The van der Waals surface area contributed by atoms with Crippen LogP contribution in [0.2, 0.25) is 0 Å². The summed E-state index contributed by atoms with van der Waals surface area (Å²) in [7, 11) is 0. The van der Waals surface area contributed by atoms with Gasteiger partial charge in [-0.2, -0.15) is 0 Å². The zero-order valence-corrected chi connectivity index (χ0v) is 36.7. The number of aliphatic hydroxyl groups is 2. The fourth-order valence-corrected chi connectivity index (χ4v) is 11.5. The number of phenolic OH excluding ortho intramolecular Hbond substituents is 2. The minimum absolute atomic E-state index is 0.0155. The molecule has 64 heavy (non-hydrogen) atoms. The third-order valence-corrected chi connectivity index (χ3v) is 14.5. The molecule has 0 spiro atoms. The zero-order valence-electron chi connectivity index (χ0n) is 36.7. The number of allylic oxidation sites excluding steroid dienone is 1. The lowest BCUT2D eigenvalue weighted by Gasteiger charge is -2.51. The van der Waals surface area contributed by atoms with E-state index in [1.165, 1.54) is 0 Å². The number of nitrogens with one attached hydrogen (secondary N) is 2. The number of rotatable bonds is 9. The van der Waals surface area contributed by atoms with E-state index in [2.05, 4.69) is 16.7 Å². The second-order valence-electron chi connectivity index (χ2n) is 17.9. The first-order valence-corrected chi connectivity index (χ1v) is 22.5. The molecule has 7 unspecified atom stereocenters. The van der Waals surface area contributed by atoms with E-state index in [4.69, 9.17) is 29.6 Å². The van der Waals surface area contributed by atoms with Crippen molar-refractivity contribution in [3.63, 3.8) is 0 Å². The van der Waals surface area contributed by atoms with Crippen LogP contribution in [0.4, 0.5) is 11.6 Å². The molecule has 2 aliphatic heterocycles. The number of aliphatic hydroxyl groups excluding tert-OH is 2. The van der Waals surface area contributed by atoms with Gasteiger partial charge in [0, 0.05) is 78.0 Å². The summed E-state index contributed by atoms with van der Waals surface area (Å²) in [5.74, 6) is -2.07. The predicted octanol–water partition coefficient (Wildman–Crippen LogP) is 6.03. The number of carbonyl (C=O) groups excluding carboxylic acids is 1. The van der Waals surface area contributed by atoms with Crippen molar-refractivity contribution in [2.75, 3.05) is 37.3 Å². The van der Waals surface area contributed by atoms with Gasteiger partial charge in [-0.25, -0.2) is 14.8 Å². The molecular weight excluding hydrogens is 815 g/mol. The molecule has 5 heterocycles. The summed E-state index contributed by atoms with van der Waals surface area (Å²) < 4.78 is 20.8. The van der Waals surface area contributed by atoms with Gasteiger partial charge in [0.25, 0.3) is 0 Å². The number of hydrogen-bond donors (Lipinski definition) is 7. The average molecular weight is 872 g/mol. The number of esters is 1. The standard InChI is InChI=1S/C50H57N5O9/c1-5-25(21-52-6-2)49(61)63-39-20-35-45(60)43-38(59)19-30(23-56)62-47(43)44-41-33-14-15-54-48(51)42(33)32(13-9-26-8-11-29(58)18-34(26)36(41)24-57)31-12-10-27-17-40(53-7-3)55-22-28(27)16-37(31)50(39,4)64-46(35)44/h5,8,11,14-15,17-19,22,31-32,36-37,39,41,52,56-58,60H,6-7,9-10,12-13,16,20-21,23-24H2,1-4H3,(H2,51,54)(H,53,55). The number of nitrogen functional groups attached to an aromatic ring is 1. The molecule has 0 radical (unpaired) electrons. The van der Waals surface area contributed by atoms with Gasteiger partial charge in [-0.05, 0) is 123 Å². The van der Waals surface area contributed by atoms with E-state index in [-0.39, 0.29) is 70.3 Å². The molecule has 2 aliphatic carbocycles. The molecule has 9 rings (SSSR count). The molecule has 2 aromatic carbocycles. The van der Waals surface area contributed by atoms with Crippen molar-refractivity contribution >= 4 is 28.6 Å². The largest absolute Gasteiger partial charge is 0.508 e. The van der Waals surface area contributed by atoms with Gasteiger partial charge < -0.3 is 50.7 Å². The average Bonchev–Trinajstić information content (AvgIpc) is 3.44. The van der Waals surface area contributed by atoms with E-state index < -0.39 is 48.2 Å². The number of ether oxygens (including phenoxy) is 2. The maximum absolute atomic E-state index is 14.4. The number of aromatic hydroxyl groups is 2. The molecule has 7 atom stereocenters. The van der Waals surface area contributed by atoms with Crippen LogP contribution >= 0.6 is 0 Å². The third-order valence-electron chi connectivity index (χ3n) is 14.5. The minimum Gasteiger partial charge on any atom is -0.508 e. The van der Waals surface area contributed by atoms with Crippen LogP contribution in [0.1, 0.15) is 109 Å². The van der Waals surface area contributed by atoms with E-state index in [1.54, 1.807) is 31.3 Å². The monoisotopic (exact) mass is 871 g/mol. The first-order chi connectivity index (χ1) is 30.9. The van der Waals surface area contributed by atoms with Gasteiger partial charge >= 0.3 is 5.97 Å². The molecule has 336 valence electrons. The number of hydrogen-bond acceptors (Lipinski definition) is 14. The Morgan fingerprint density at radius 3 is 2.56 bits per heavy atom. The number of carbonyl (C=O) groups is 1. The molecule has 14 nitrogen and oxygen atoms in total. The SMILES string of the molecule is CC=C(CNCC)C(=O)OC1Cc2c3c(c4oc(CO)cc(=O)c4c2O)C2c4ccnc(N)c4C(CCc4ccc(O)cc4C2CO)C2CCc4cc(NCC)ncc4CC2C1(C)O3. The number of pyridine rings is 2. The Hall–Kier alpha value is -5.96. The van der Waals surface area contributed by atoms with Crippen molar-refractivity contribution in [2.24, 2.45) is 11.8 Å². The van der Waals surface area contributed by atoms with Gasteiger partial charge in [-0.1, -0.05) is 19.1 Å². The zero-order chi connectivity index (χ0) is 45.0. The highest BCUT2D eigenvalue weighted by atomic mass is 16.6. The number of aryl methyl sites for hydroxylation is 2. The lowest BCUT2D eigenvalue weighted by molar-refractivity contribution is -0.168. The van der Waals surface area contributed by atoms with Crippen LogP contribution < -0.4 is 26.5 Å². The van der Waals surface area contributed by atoms with E-state index in [1.807, 2.05) is 39.1 Å². The Morgan fingerprint density at radius 1 is 1.00 bits per heavy atom.